The first-order valence-electron chi connectivity index (χ1n) is 8.90. The maximum Gasteiger partial charge on any atom is 0.737 e. The van der Waals surface area contributed by atoms with Crippen molar-refractivity contribution in [1.29, 1.82) is 0 Å². The maximum atomic E-state index is 15.3. The van der Waals surface area contributed by atoms with Gasteiger partial charge in [-0.25, -0.2) is 4.79 Å². The Morgan fingerprint density at radius 3 is 2.73 bits per heavy atom. The fourth-order valence-corrected chi connectivity index (χ4v) is 3.70. The van der Waals surface area contributed by atoms with Crippen LogP contribution in [0.2, 0.25) is 0 Å². The molecule has 1 aromatic rings. The fourth-order valence-electron chi connectivity index (χ4n) is 3.70. The van der Waals surface area contributed by atoms with E-state index in [0.29, 0.717) is 23.7 Å². The van der Waals surface area contributed by atoms with Gasteiger partial charge in [-0.05, 0) is 44.5 Å². The zero-order chi connectivity index (χ0) is 19.1. The lowest BCUT2D eigenvalue weighted by Gasteiger charge is -2.32. The standard InChI is InChI=1S/C19H23BF2N2O2/c1-5-6-11-26-18(25)10-8-16-7-9-17-15(4)19-13(2)12-14(3)23(19)20(21,22)24(16)17/h7-10,12H,5-6,11H2,1-4H3/b10-8+. The van der Waals surface area contributed by atoms with Crippen molar-refractivity contribution >= 4 is 24.2 Å². The van der Waals surface area contributed by atoms with Gasteiger partial charge in [0.15, 0.2) is 11.4 Å². The first kappa shape index (κ1) is 18.4. The van der Waals surface area contributed by atoms with Gasteiger partial charge in [-0.15, -0.1) is 0 Å². The van der Waals surface area contributed by atoms with E-state index >= 15 is 8.63 Å². The molecular formula is C19H23BF2N2O2. The molecular weight excluding hydrogens is 337 g/mol. The molecule has 1 aromatic heterocycles. The normalized spacial score (nSPS) is 17.9. The predicted octanol–water partition coefficient (Wildman–Crippen LogP) is 4.00. The molecule has 0 saturated carbocycles. The summed E-state index contributed by atoms with van der Waals surface area (Å²) in [6.07, 6.45) is 7.61. The second-order valence-electron chi connectivity index (χ2n) is 6.77. The lowest BCUT2D eigenvalue weighted by molar-refractivity contribution is -0.360. The van der Waals surface area contributed by atoms with E-state index < -0.39 is 12.9 Å². The number of hydrogen-bond acceptors (Lipinski definition) is 2. The summed E-state index contributed by atoms with van der Waals surface area (Å²) in [5.41, 5.74) is 3.50. The molecule has 138 valence electrons. The van der Waals surface area contributed by atoms with Crippen molar-refractivity contribution in [2.24, 2.45) is 0 Å². The Morgan fingerprint density at radius 1 is 1.31 bits per heavy atom. The molecule has 0 fully saturated rings. The molecule has 0 radical (unpaired) electrons. The Hall–Kier alpha value is -2.44. The van der Waals surface area contributed by atoms with Crippen LogP contribution in [0.1, 0.15) is 43.6 Å². The minimum absolute atomic E-state index is 0.285. The largest absolute Gasteiger partial charge is 0.737 e. The molecule has 2 aliphatic rings. The van der Waals surface area contributed by atoms with Crippen LogP contribution in [0.4, 0.5) is 8.63 Å². The van der Waals surface area contributed by atoms with E-state index in [1.54, 1.807) is 25.1 Å². The number of carbonyl (C=O) groups excluding carboxylic acids is 1. The number of hydrogen-bond donors (Lipinski definition) is 0. The van der Waals surface area contributed by atoms with Crippen molar-refractivity contribution < 1.29 is 22.6 Å². The van der Waals surface area contributed by atoms with Gasteiger partial charge in [0.25, 0.3) is 0 Å². The van der Waals surface area contributed by atoms with E-state index in [-0.39, 0.29) is 5.71 Å². The Labute approximate surface area is 152 Å². The van der Waals surface area contributed by atoms with Gasteiger partial charge in [-0.2, -0.15) is 0 Å². The highest BCUT2D eigenvalue weighted by atomic mass is 19.2. The molecule has 0 aromatic carbocycles. The number of carbonyl (C=O) groups is 1. The number of allylic oxidation sites excluding steroid dienone is 4. The Morgan fingerprint density at radius 2 is 2.04 bits per heavy atom. The monoisotopic (exact) mass is 360 g/mol. The Bertz CT molecular complexity index is 892. The molecule has 26 heavy (non-hydrogen) atoms. The number of unbranched alkanes of at least 4 members (excludes halogenated alkanes) is 1. The lowest BCUT2D eigenvalue weighted by atomic mass is 9.87. The molecule has 0 unspecified atom stereocenters. The number of rotatable bonds is 5. The molecule has 0 atom stereocenters. The summed E-state index contributed by atoms with van der Waals surface area (Å²) < 4.78 is 37.9. The molecule has 3 rings (SSSR count). The van der Waals surface area contributed by atoms with Gasteiger partial charge in [-0.1, -0.05) is 13.3 Å². The highest BCUT2D eigenvalue weighted by Gasteiger charge is 2.53. The van der Waals surface area contributed by atoms with Gasteiger partial charge in [0.2, 0.25) is 0 Å². The number of halogens is 2. The van der Waals surface area contributed by atoms with Crippen LogP contribution in [0, 0.1) is 13.8 Å². The summed E-state index contributed by atoms with van der Waals surface area (Å²) in [5.74, 6) is -0.519. The van der Waals surface area contributed by atoms with E-state index in [1.165, 1.54) is 12.2 Å². The summed E-state index contributed by atoms with van der Waals surface area (Å²) in [6.45, 7) is 3.69. The molecule has 0 aliphatic carbocycles. The highest BCUT2D eigenvalue weighted by molar-refractivity contribution is 6.58. The SMILES string of the molecule is CCCCOC(=O)/C=C/C1=[N+]2C(=C(C)c3c(C)cc(C)n3[B-]2(F)F)C=C1. The molecule has 2 aliphatic heterocycles. The van der Waals surface area contributed by atoms with Crippen LogP contribution in [-0.4, -0.2) is 34.2 Å². The van der Waals surface area contributed by atoms with Crippen LogP contribution in [0.25, 0.3) is 5.57 Å². The van der Waals surface area contributed by atoms with Crippen LogP contribution >= 0.6 is 0 Å². The smallest absolute Gasteiger partial charge is 0.463 e. The molecule has 0 spiro atoms. The number of nitrogens with zero attached hydrogens (tertiary/aromatic N) is 2. The minimum Gasteiger partial charge on any atom is -0.463 e. The molecule has 3 heterocycles. The van der Waals surface area contributed by atoms with Gasteiger partial charge < -0.3 is 22.3 Å². The molecule has 7 heteroatoms. The fraction of sp³-hybridized carbons (Fsp3) is 0.368. The van der Waals surface area contributed by atoms with Crippen LogP contribution < -0.4 is 0 Å². The first-order chi connectivity index (χ1) is 12.3. The highest BCUT2D eigenvalue weighted by Crippen LogP contribution is 2.38. The van der Waals surface area contributed by atoms with Crippen LogP contribution in [-0.2, 0) is 9.53 Å². The Balaban J connectivity index is 2.00. The van der Waals surface area contributed by atoms with Crippen LogP contribution in [0.3, 0.4) is 0 Å². The number of aromatic nitrogens is 1. The van der Waals surface area contributed by atoms with Gasteiger partial charge in [0, 0.05) is 35.6 Å². The molecule has 0 N–H and O–H groups in total. The van der Waals surface area contributed by atoms with E-state index in [0.717, 1.165) is 32.9 Å². The quantitative estimate of drug-likeness (QED) is 0.344. The Kier molecular flexibility index (Phi) is 4.73. The first-order valence-corrected chi connectivity index (χ1v) is 8.90. The predicted molar refractivity (Wildman–Crippen MR) is 99.3 cm³/mol. The summed E-state index contributed by atoms with van der Waals surface area (Å²) in [4.78, 5) is 11.8. The molecule has 0 bridgehead atoms. The van der Waals surface area contributed by atoms with Crippen molar-refractivity contribution in [2.75, 3.05) is 6.61 Å². The second kappa shape index (κ2) is 6.70. The topological polar surface area (TPSA) is 34.2 Å². The second-order valence-corrected chi connectivity index (χ2v) is 6.77. The van der Waals surface area contributed by atoms with Gasteiger partial charge >= 0.3 is 12.9 Å². The average Bonchev–Trinajstić information content (AvgIpc) is 3.13. The van der Waals surface area contributed by atoms with E-state index in [2.05, 4.69) is 0 Å². The van der Waals surface area contributed by atoms with Crippen molar-refractivity contribution in [1.82, 2.24) is 4.48 Å². The van der Waals surface area contributed by atoms with Gasteiger partial charge in [0.1, 0.15) is 0 Å². The summed E-state index contributed by atoms with van der Waals surface area (Å²) in [5, 5.41) is 0. The van der Waals surface area contributed by atoms with Crippen molar-refractivity contribution in [2.45, 2.75) is 40.5 Å². The van der Waals surface area contributed by atoms with E-state index in [4.69, 9.17) is 4.74 Å². The lowest BCUT2D eigenvalue weighted by Crippen LogP contribution is -2.51. The van der Waals surface area contributed by atoms with Crippen molar-refractivity contribution in [3.8, 4) is 0 Å². The van der Waals surface area contributed by atoms with Crippen LogP contribution in [0.5, 0.6) is 0 Å². The van der Waals surface area contributed by atoms with Crippen molar-refractivity contribution in [3.05, 3.63) is 53.0 Å². The molecule has 0 saturated heterocycles. The third-order valence-electron chi connectivity index (χ3n) is 4.86. The zero-order valence-corrected chi connectivity index (χ0v) is 15.6. The minimum atomic E-state index is -4.03. The summed E-state index contributed by atoms with van der Waals surface area (Å²) >= 11 is 0. The van der Waals surface area contributed by atoms with Gasteiger partial charge in [0.05, 0.1) is 6.61 Å². The summed E-state index contributed by atoms with van der Waals surface area (Å²) in [6, 6.07) is 1.78. The maximum absolute atomic E-state index is 15.3. The average molecular weight is 360 g/mol. The van der Waals surface area contributed by atoms with Gasteiger partial charge in [-0.3, -0.25) is 0 Å². The van der Waals surface area contributed by atoms with Crippen molar-refractivity contribution in [3.63, 3.8) is 0 Å². The number of ether oxygens (including phenoxy) is 1. The van der Waals surface area contributed by atoms with E-state index in [1.807, 2.05) is 20.8 Å². The van der Waals surface area contributed by atoms with Crippen LogP contribution in [0.15, 0.2) is 36.1 Å². The zero-order valence-electron chi connectivity index (χ0n) is 15.6. The third kappa shape index (κ3) is 2.85. The summed E-state index contributed by atoms with van der Waals surface area (Å²) in [7, 11) is 0. The number of fused-ring (bicyclic) bond motifs is 2. The number of aryl methyl sites for hydroxylation is 2. The van der Waals surface area contributed by atoms with E-state index in [9.17, 15) is 4.79 Å². The number of esters is 1. The molecule has 4 nitrogen and oxygen atoms in total. The molecule has 0 amide bonds. The third-order valence-corrected chi connectivity index (χ3v) is 4.86.